The first-order valence-corrected chi connectivity index (χ1v) is 16.3. The minimum absolute atomic E-state index is 0.252. The highest BCUT2D eigenvalue weighted by Gasteiger charge is 2.75. The van der Waals surface area contributed by atoms with Gasteiger partial charge in [-0.1, -0.05) is 24.3 Å². The number of anilines is 3. The molecule has 0 aromatic heterocycles. The Balaban J connectivity index is 1.40. The van der Waals surface area contributed by atoms with Gasteiger partial charge >= 0.3 is 0 Å². The summed E-state index contributed by atoms with van der Waals surface area (Å²) in [4.78, 5) is 50.8. The summed E-state index contributed by atoms with van der Waals surface area (Å²) >= 11 is 0. The highest BCUT2D eigenvalue weighted by molar-refractivity contribution is 6.07. The SMILES string of the molecule is CCOc1ccc(N2CC=C[C@@]3(C)O[C@]45C=CCN(c6ccc(N(CC)CC)cc6)C(=O)C4N([C@H](C)CO)C(=O)[C@@H]5[C@H]3C2=O)cc1. The largest absolute Gasteiger partial charge is 0.494 e. The number of aliphatic hydroxyl groups excluding tert-OH is 1. The molecule has 3 amide bonds. The summed E-state index contributed by atoms with van der Waals surface area (Å²) in [5, 5.41) is 10.3. The number of carbonyl (C=O) groups excluding carboxylic acids is 3. The van der Waals surface area contributed by atoms with E-state index in [9.17, 15) is 19.5 Å². The van der Waals surface area contributed by atoms with E-state index in [-0.39, 0.29) is 30.9 Å². The third-order valence-electron chi connectivity index (χ3n) is 9.98. The normalized spacial score (nSPS) is 29.3. The number of hydrogen-bond acceptors (Lipinski definition) is 7. The maximum Gasteiger partial charge on any atom is 0.253 e. The molecule has 1 spiro atoms. The fourth-order valence-corrected chi connectivity index (χ4v) is 7.81. The van der Waals surface area contributed by atoms with Crippen molar-refractivity contribution in [3.05, 3.63) is 72.8 Å². The van der Waals surface area contributed by atoms with Crippen molar-refractivity contribution in [2.24, 2.45) is 11.8 Å². The van der Waals surface area contributed by atoms with Gasteiger partial charge in [0.05, 0.1) is 36.7 Å². The smallest absolute Gasteiger partial charge is 0.253 e. The van der Waals surface area contributed by atoms with Gasteiger partial charge in [-0.3, -0.25) is 14.4 Å². The van der Waals surface area contributed by atoms with E-state index in [2.05, 4.69) is 18.7 Å². The van der Waals surface area contributed by atoms with Gasteiger partial charge in [-0.2, -0.15) is 0 Å². The van der Waals surface area contributed by atoms with Gasteiger partial charge in [0.15, 0.2) is 0 Å². The van der Waals surface area contributed by atoms with Crippen LogP contribution in [0.4, 0.5) is 17.1 Å². The summed E-state index contributed by atoms with van der Waals surface area (Å²) in [7, 11) is 0. The van der Waals surface area contributed by atoms with Gasteiger partial charge in [0.25, 0.3) is 5.91 Å². The van der Waals surface area contributed by atoms with E-state index in [1.807, 2.05) is 86.7 Å². The number of likely N-dealkylation sites (tertiary alicyclic amines) is 1. The third kappa shape index (κ3) is 4.89. The van der Waals surface area contributed by atoms with E-state index < -0.39 is 35.1 Å². The van der Waals surface area contributed by atoms with Crippen LogP contribution >= 0.6 is 0 Å². The zero-order valence-electron chi connectivity index (χ0n) is 27.3. The summed E-state index contributed by atoms with van der Waals surface area (Å²) < 4.78 is 12.5. The summed E-state index contributed by atoms with van der Waals surface area (Å²) in [5.41, 5.74) is -0.113. The fourth-order valence-electron chi connectivity index (χ4n) is 7.81. The minimum Gasteiger partial charge on any atom is -0.494 e. The number of rotatable bonds is 9. The Kier molecular flexibility index (Phi) is 8.45. The number of nitrogens with zero attached hydrogens (tertiary/aromatic N) is 4. The van der Waals surface area contributed by atoms with Gasteiger partial charge < -0.3 is 34.2 Å². The average molecular weight is 629 g/mol. The van der Waals surface area contributed by atoms with Crippen molar-refractivity contribution in [2.45, 2.75) is 57.9 Å². The number of carbonyl (C=O) groups is 3. The van der Waals surface area contributed by atoms with Gasteiger partial charge in [0.2, 0.25) is 11.8 Å². The Morgan fingerprint density at radius 2 is 1.46 bits per heavy atom. The monoisotopic (exact) mass is 628 g/mol. The van der Waals surface area contributed by atoms with Crippen LogP contribution < -0.4 is 19.4 Å². The molecule has 10 heteroatoms. The van der Waals surface area contributed by atoms with Gasteiger partial charge in [0.1, 0.15) is 17.4 Å². The first kappa shape index (κ1) is 31.8. The molecule has 0 saturated carbocycles. The minimum atomic E-state index is -1.41. The van der Waals surface area contributed by atoms with Crippen molar-refractivity contribution in [2.75, 3.05) is 54.1 Å². The van der Waals surface area contributed by atoms with Crippen molar-refractivity contribution in [1.29, 1.82) is 0 Å². The molecular formula is C36H44N4O6. The molecule has 0 bridgehead atoms. The predicted molar refractivity (Wildman–Crippen MR) is 177 cm³/mol. The lowest BCUT2D eigenvalue weighted by Crippen LogP contribution is -2.58. The van der Waals surface area contributed by atoms with Gasteiger partial charge in [0, 0.05) is 43.2 Å². The fraction of sp³-hybridized carbons (Fsp3) is 0.472. The van der Waals surface area contributed by atoms with Crippen LogP contribution in [0.25, 0.3) is 0 Å². The molecule has 4 aliphatic heterocycles. The first-order valence-electron chi connectivity index (χ1n) is 16.3. The Labute approximate surface area is 270 Å². The Morgan fingerprint density at radius 1 is 0.870 bits per heavy atom. The average Bonchev–Trinajstić information content (AvgIpc) is 3.33. The van der Waals surface area contributed by atoms with Crippen LogP contribution in [0, 0.1) is 11.8 Å². The summed E-state index contributed by atoms with van der Waals surface area (Å²) in [6.07, 6.45) is 7.46. The van der Waals surface area contributed by atoms with Crippen LogP contribution in [0.2, 0.25) is 0 Å². The van der Waals surface area contributed by atoms with Crippen molar-refractivity contribution in [3.8, 4) is 5.75 Å². The van der Waals surface area contributed by atoms with Crippen LogP contribution in [0.5, 0.6) is 5.75 Å². The van der Waals surface area contributed by atoms with E-state index in [0.717, 1.165) is 18.8 Å². The third-order valence-corrected chi connectivity index (χ3v) is 9.98. The molecule has 4 aliphatic rings. The topological polar surface area (TPSA) is 103 Å². The second-order valence-electron chi connectivity index (χ2n) is 12.6. The molecule has 10 nitrogen and oxygen atoms in total. The molecule has 2 aromatic rings. The molecule has 2 fully saturated rings. The number of aliphatic hydroxyl groups is 1. The van der Waals surface area contributed by atoms with Crippen LogP contribution in [0.3, 0.4) is 0 Å². The van der Waals surface area contributed by atoms with Crippen LogP contribution in [-0.2, 0) is 19.1 Å². The molecule has 0 aliphatic carbocycles. The van der Waals surface area contributed by atoms with Crippen LogP contribution in [-0.4, -0.2) is 90.4 Å². The van der Waals surface area contributed by atoms with Gasteiger partial charge in [-0.05, 0) is 83.1 Å². The molecule has 2 aromatic carbocycles. The molecule has 244 valence electrons. The van der Waals surface area contributed by atoms with E-state index in [4.69, 9.17) is 9.47 Å². The highest BCUT2D eigenvalue weighted by atomic mass is 16.5. The van der Waals surface area contributed by atoms with Gasteiger partial charge in [-0.15, -0.1) is 0 Å². The van der Waals surface area contributed by atoms with Crippen LogP contribution in [0.15, 0.2) is 72.8 Å². The molecule has 4 heterocycles. The van der Waals surface area contributed by atoms with E-state index in [1.54, 1.807) is 16.7 Å². The molecule has 1 N–H and O–H groups in total. The summed E-state index contributed by atoms with van der Waals surface area (Å²) in [6.45, 7) is 12.2. The molecule has 0 radical (unpaired) electrons. The molecule has 6 rings (SSSR count). The second kappa shape index (κ2) is 12.2. The molecular weight excluding hydrogens is 584 g/mol. The summed E-state index contributed by atoms with van der Waals surface area (Å²) in [5.74, 6) is -2.10. The lowest BCUT2D eigenvalue weighted by atomic mass is 9.74. The first-order chi connectivity index (χ1) is 22.1. The van der Waals surface area contributed by atoms with Gasteiger partial charge in [-0.25, -0.2) is 0 Å². The number of ether oxygens (including phenoxy) is 2. The van der Waals surface area contributed by atoms with Crippen molar-refractivity contribution in [1.82, 2.24) is 4.90 Å². The van der Waals surface area contributed by atoms with Crippen molar-refractivity contribution >= 4 is 34.8 Å². The predicted octanol–water partition coefficient (Wildman–Crippen LogP) is 3.79. The van der Waals surface area contributed by atoms with E-state index >= 15 is 0 Å². The zero-order chi connectivity index (χ0) is 32.8. The number of benzene rings is 2. The van der Waals surface area contributed by atoms with Crippen molar-refractivity contribution < 1.29 is 29.0 Å². The van der Waals surface area contributed by atoms with E-state index in [1.165, 1.54) is 4.90 Å². The Morgan fingerprint density at radius 3 is 2.04 bits per heavy atom. The Bertz CT molecular complexity index is 1540. The standard InChI is InChI=1S/C36H44N4O6/c1-6-37(7-2)25-11-13-26(14-12-25)39-22-10-20-36-30(33(43)40(24(4)23-41)31(36)34(39)44)29-32(42)38(21-9-19-35(29,5)46-36)27-15-17-28(18-16-27)45-8-3/h9-20,24,29-31,41H,6-8,21-23H2,1-5H3/t24-,29+,30+,31?,35-,36+/m1/s1. The number of hydrogen-bond donors (Lipinski definition) is 1. The molecule has 46 heavy (non-hydrogen) atoms. The highest BCUT2D eigenvalue weighted by Crippen LogP contribution is 2.58. The zero-order valence-corrected chi connectivity index (χ0v) is 27.3. The quantitative estimate of drug-likeness (QED) is 0.422. The lowest BCUT2D eigenvalue weighted by molar-refractivity contribution is -0.147. The second-order valence-corrected chi connectivity index (χ2v) is 12.6. The summed E-state index contributed by atoms with van der Waals surface area (Å²) in [6, 6.07) is 13.4. The number of fused-ring (bicyclic) bond motifs is 2. The van der Waals surface area contributed by atoms with Crippen molar-refractivity contribution in [3.63, 3.8) is 0 Å². The van der Waals surface area contributed by atoms with E-state index in [0.29, 0.717) is 30.3 Å². The maximum absolute atomic E-state index is 14.7. The Hall–Kier alpha value is -4.15. The van der Waals surface area contributed by atoms with Crippen LogP contribution in [0.1, 0.15) is 34.6 Å². The maximum atomic E-state index is 14.7. The molecule has 1 unspecified atom stereocenters. The number of amides is 3. The molecule has 2 saturated heterocycles. The molecule has 6 atom stereocenters. The lowest BCUT2D eigenvalue weighted by Gasteiger charge is -2.39.